The van der Waals surface area contributed by atoms with E-state index in [4.69, 9.17) is 9.26 Å². The van der Waals surface area contributed by atoms with Gasteiger partial charge < -0.3 is 24.7 Å². The highest BCUT2D eigenvalue weighted by Gasteiger charge is 2.20. The van der Waals surface area contributed by atoms with Crippen molar-refractivity contribution in [2.24, 2.45) is 0 Å². The average molecular weight is 386 g/mol. The molecule has 0 unspecified atom stereocenters. The van der Waals surface area contributed by atoms with Gasteiger partial charge in [-0.1, -0.05) is 23.4 Å². The molecule has 1 amide bonds. The van der Waals surface area contributed by atoms with Crippen LogP contribution < -0.4 is 10.1 Å². The van der Waals surface area contributed by atoms with E-state index in [1.165, 1.54) is 10.7 Å². The van der Waals surface area contributed by atoms with Crippen molar-refractivity contribution in [1.82, 2.24) is 25.2 Å². The van der Waals surface area contributed by atoms with Gasteiger partial charge in [0.05, 0.1) is 23.5 Å². The van der Waals surface area contributed by atoms with Crippen molar-refractivity contribution in [3.63, 3.8) is 0 Å². The van der Waals surface area contributed by atoms with Gasteiger partial charge in [-0.2, -0.15) is 9.67 Å². The molecule has 0 atom stereocenters. The number of hydrogen-bond donors (Lipinski definition) is 1. The minimum atomic E-state index is -0.585. The number of ether oxygens (including phenoxy) is 1. The quantitative estimate of drug-likeness (QED) is 0.457. The van der Waals surface area contributed by atoms with Crippen LogP contribution in [0, 0.1) is 17.0 Å². The number of nitro groups is 1. The van der Waals surface area contributed by atoms with E-state index in [1.54, 1.807) is 6.92 Å². The summed E-state index contributed by atoms with van der Waals surface area (Å²) in [4.78, 5) is 26.5. The van der Waals surface area contributed by atoms with E-state index in [0.717, 1.165) is 5.56 Å². The fraction of sp³-hybridized carbons (Fsp3) is 0.294. The Morgan fingerprint density at radius 3 is 2.89 bits per heavy atom. The number of rotatable bonds is 8. The molecule has 1 N–H and O–H groups in total. The van der Waals surface area contributed by atoms with Crippen LogP contribution >= 0.6 is 0 Å². The van der Waals surface area contributed by atoms with Crippen LogP contribution in [0.2, 0.25) is 0 Å². The second kappa shape index (κ2) is 8.29. The first-order chi connectivity index (χ1) is 13.5. The van der Waals surface area contributed by atoms with Crippen molar-refractivity contribution >= 4 is 11.7 Å². The first kappa shape index (κ1) is 19.0. The van der Waals surface area contributed by atoms with Gasteiger partial charge in [0.1, 0.15) is 12.3 Å². The number of aromatic nitrogens is 4. The molecule has 0 radical (unpaired) electrons. The summed E-state index contributed by atoms with van der Waals surface area (Å²) >= 11 is 0. The number of carbonyl (C=O) groups excluding carboxylic acids is 1. The highest BCUT2D eigenvalue weighted by atomic mass is 16.6. The lowest BCUT2D eigenvalue weighted by Gasteiger charge is -2.09. The van der Waals surface area contributed by atoms with Crippen LogP contribution in [-0.4, -0.2) is 37.4 Å². The summed E-state index contributed by atoms with van der Waals surface area (Å²) < 4.78 is 11.9. The van der Waals surface area contributed by atoms with Crippen molar-refractivity contribution in [3.8, 4) is 5.75 Å². The molecule has 0 saturated heterocycles. The monoisotopic (exact) mass is 386 g/mol. The summed E-state index contributed by atoms with van der Waals surface area (Å²) in [6.45, 7) is 4.35. The van der Waals surface area contributed by atoms with Crippen molar-refractivity contribution in [3.05, 3.63) is 63.4 Å². The SMILES string of the molecule is CCOc1ccccc1CNC(=O)c1nc(Cn2nc([N+](=O)[O-])cc2C)no1. The molecule has 0 fully saturated rings. The molecule has 0 aliphatic heterocycles. The van der Waals surface area contributed by atoms with Gasteiger partial charge in [0.25, 0.3) is 0 Å². The molecule has 28 heavy (non-hydrogen) atoms. The normalized spacial score (nSPS) is 10.6. The summed E-state index contributed by atoms with van der Waals surface area (Å²) in [5.41, 5.74) is 1.38. The molecular weight excluding hydrogens is 368 g/mol. The largest absolute Gasteiger partial charge is 0.494 e. The summed E-state index contributed by atoms with van der Waals surface area (Å²) in [5, 5.41) is 21.0. The maximum Gasteiger partial charge on any atom is 0.390 e. The zero-order valence-electron chi connectivity index (χ0n) is 15.3. The zero-order valence-corrected chi connectivity index (χ0v) is 15.3. The number of benzene rings is 1. The number of hydrogen-bond acceptors (Lipinski definition) is 8. The van der Waals surface area contributed by atoms with Crippen molar-refractivity contribution in [2.45, 2.75) is 26.9 Å². The van der Waals surface area contributed by atoms with Gasteiger partial charge >= 0.3 is 17.6 Å². The maximum atomic E-state index is 12.3. The van der Waals surface area contributed by atoms with Crippen LogP contribution in [0.5, 0.6) is 5.75 Å². The van der Waals surface area contributed by atoms with E-state index in [-0.39, 0.29) is 30.6 Å². The number of nitrogens with zero attached hydrogens (tertiary/aromatic N) is 5. The van der Waals surface area contributed by atoms with Crippen LogP contribution in [0.4, 0.5) is 5.82 Å². The second-order valence-corrected chi connectivity index (χ2v) is 5.80. The van der Waals surface area contributed by atoms with E-state index in [0.29, 0.717) is 18.1 Å². The fourth-order valence-corrected chi connectivity index (χ4v) is 2.48. The van der Waals surface area contributed by atoms with Gasteiger partial charge in [-0.05, 0) is 24.8 Å². The van der Waals surface area contributed by atoms with Gasteiger partial charge in [0, 0.05) is 12.1 Å². The van der Waals surface area contributed by atoms with Gasteiger partial charge in [-0.3, -0.25) is 4.79 Å². The average Bonchev–Trinajstić information content (AvgIpc) is 3.29. The van der Waals surface area contributed by atoms with Gasteiger partial charge in [0.15, 0.2) is 5.82 Å². The lowest BCUT2D eigenvalue weighted by molar-refractivity contribution is -0.389. The third-order valence-corrected chi connectivity index (χ3v) is 3.82. The molecule has 146 valence electrons. The molecule has 3 rings (SSSR count). The summed E-state index contributed by atoms with van der Waals surface area (Å²) in [6, 6.07) is 8.70. The van der Waals surface area contributed by atoms with Crippen LogP contribution in [0.1, 0.15) is 34.7 Å². The summed E-state index contributed by atoms with van der Waals surface area (Å²) in [6.07, 6.45) is 0. The Kier molecular flexibility index (Phi) is 5.63. The molecule has 11 nitrogen and oxygen atoms in total. The number of carbonyl (C=O) groups is 1. The predicted octanol–water partition coefficient (Wildman–Crippen LogP) is 1.86. The molecule has 0 aliphatic carbocycles. The van der Waals surface area contributed by atoms with E-state index >= 15 is 0 Å². The molecule has 2 aromatic heterocycles. The molecule has 0 bridgehead atoms. The van der Waals surface area contributed by atoms with E-state index in [9.17, 15) is 14.9 Å². The lowest BCUT2D eigenvalue weighted by Crippen LogP contribution is -2.23. The highest BCUT2D eigenvalue weighted by Crippen LogP contribution is 2.17. The molecule has 3 aromatic rings. The Bertz CT molecular complexity index is 996. The lowest BCUT2D eigenvalue weighted by atomic mass is 10.2. The van der Waals surface area contributed by atoms with E-state index in [2.05, 4.69) is 20.6 Å². The van der Waals surface area contributed by atoms with Crippen molar-refractivity contribution in [2.75, 3.05) is 6.61 Å². The smallest absolute Gasteiger partial charge is 0.390 e. The first-order valence-electron chi connectivity index (χ1n) is 8.48. The Hall–Kier alpha value is -3.76. The Morgan fingerprint density at radius 1 is 1.39 bits per heavy atom. The van der Waals surface area contributed by atoms with Gasteiger partial charge in [-0.25, -0.2) is 0 Å². The zero-order chi connectivity index (χ0) is 20.1. The second-order valence-electron chi connectivity index (χ2n) is 5.80. The minimum absolute atomic E-state index is 0.0453. The standard InChI is InChI=1S/C17H18N6O5/c1-3-27-13-7-5-4-6-12(13)9-18-16(24)17-19-14(21-28-17)10-22-11(2)8-15(20-22)23(25)26/h4-8H,3,9-10H2,1-2H3,(H,18,24). The minimum Gasteiger partial charge on any atom is -0.494 e. The molecule has 0 saturated carbocycles. The predicted molar refractivity (Wildman–Crippen MR) is 95.8 cm³/mol. The number of para-hydroxylation sites is 1. The van der Waals surface area contributed by atoms with Gasteiger partial charge in [0.2, 0.25) is 0 Å². The molecule has 1 aromatic carbocycles. The van der Waals surface area contributed by atoms with Crippen LogP contribution in [0.3, 0.4) is 0 Å². The van der Waals surface area contributed by atoms with Crippen LogP contribution in [0.15, 0.2) is 34.9 Å². The van der Waals surface area contributed by atoms with Crippen LogP contribution in [0.25, 0.3) is 0 Å². The number of aryl methyl sites for hydroxylation is 1. The molecule has 0 aliphatic rings. The van der Waals surface area contributed by atoms with Crippen LogP contribution in [-0.2, 0) is 13.1 Å². The highest BCUT2D eigenvalue weighted by molar-refractivity contribution is 5.89. The molecule has 11 heteroatoms. The van der Waals surface area contributed by atoms with Crippen molar-refractivity contribution < 1.29 is 19.0 Å². The van der Waals surface area contributed by atoms with E-state index < -0.39 is 10.8 Å². The fourth-order valence-electron chi connectivity index (χ4n) is 2.48. The third-order valence-electron chi connectivity index (χ3n) is 3.82. The van der Waals surface area contributed by atoms with Gasteiger partial charge in [-0.15, -0.1) is 0 Å². The van der Waals surface area contributed by atoms with Crippen molar-refractivity contribution in [1.29, 1.82) is 0 Å². The Morgan fingerprint density at radius 2 is 2.18 bits per heavy atom. The maximum absolute atomic E-state index is 12.3. The van der Waals surface area contributed by atoms with E-state index in [1.807, 2.05) is 31.2 Å². The topological polar surface area (TPSA) is 138 Å². The summed E-state index contributed by atoms with van der Waals surface area (Å²) in [5.74, 6) is -0.142. The third kappa shape index (κ3) is 4.31. The Labute approximate surface area is 159 Å². The number of nitrogens with one attached hydrogen (secondary N) is 1. The summed E-state index contributed by atoms with van der Waals surface area (Å²) in [7, 11) is 0. The molecule has 0 spiro atoms. The molecule has 2 heterocycles. The number of amides is 1. The Balaban J connectivity index is 1.64. The molecular formula is C17H18N6O5. The first-order valence-corrected chi connectivity index (χ1v) is 8.48.